The summed E-state index contributed by atoms with van der Waals surface area (Å²) in [4.78, 5) is 8.58. The predicted molar refractivity (Wildman–Crippen MR) is 79.6 cm³/mol. The van der Waals surface area contributed by atoms with E-state index < -0.39 is 0 Å². The van der Waals surface area contributed by atoms with Gasteiger partial charge in [-0.2, -0.15) is 0 Å². The Hall–Kier alpha value is -2.10. The molecule has 0 aliphatic carbocycles. The van der Waals surface area contributed by atoms with Crippen molar-refractivity contribution in [2.75, 3.05) is 23.7 Å². The Morgan fingerprint density at radius 1 is 1.11 bits per heavy atom. The zero-order valence-corrected chi connectivity index (χ0v) is 11.5. The number of hydrogen-bond acceptors (Lipinski definition) is 4. The molecule has 2 N–H and O–H groups in total. The molecule has 1 aromatic carbocycles. The molecule has 1 heterocycles. The van der Waals surface area contributed by atoms with Crippen molar-refractivity contribution < 1.29 is 0 Å². The maximum absolute atomic E-state index is 4.43. The highest BCUT2D eigenvalue weighted by Gasteiger charge is 1.98. The van der Waals surface area contributed by atoms with Crippen molar-refractivity contribution in [1.29, 1.82) is 0 Å². The second-order valence-corrected chi connectivity index (χ2v) is 4.49. The number of aromatic nitrogens is 2. The van der Waals surface area contributed by atoms with Gasteiger partial charge in [-0.25, -0.2) is 4.98 Å². The van der Waals surface area contributed by atoms with Crippen LogP contribution in [-0.2, 0) is 6.42 Å². The Labute approximate surface area is 114 Å². The molecule has 0 radical (unpaired) electrons. The normalized spacial score (nSPS) is 10.2. The Bertz CT molecular complexity index is 525. The fourth-order valence-corrected chi connectivity index (χ4v) is 1.92. The first kappa shape index (κ1) is 13.3. The average molecular weight is 256 g/mol. The van der Waals surface area contributed by atoms with Crippen LogP contribution in [0.1, 0.15) is 18.1 Å². The van der Waals surface area contributed by atoms with Gasteiger partial charge in [0.05, 0.1) is 12.4 Å². The largest absolute Gasteiger partial charge is 0.369 e. The third-order valence-electron chi connectivity index (χ3n) is 2.79. The maximum Gasteiger partial charge on any atom is 0.146 e. The summed E-state index contributed by atoms with van der Waals surface area (Å²) in [5.41, 5.74) is 2.63. The van der Waals surface area contributed by atoms with Gasteiger partial charge in [-0.3, -0.25) is 4.98 Å². The third kappa shape index (κ3) is 4.25. The molecule has 19 heavy (non-hydrogen) atoms. The summed E-state index contributed by atoms with van der Waals surface area (Å²) in [6.07, 6.45) is 4.46. The Kier molecular flexibility index (Phi) is 4.72. The molecule has 0 saturated heterocycles. The minimum Gasteiger partial charge on any atom is -0.369 e. The number of nitrogens with one attached hydrogen (secondary N) is 2. The van der Waals surface area contributed by atoms with Gasteiger partial charge in [0.2, 0.25) is 0 Å². The Morgan fingerprint density at radius 2 is 1.89 bits per heavy atom. The van der Waals surface area contributed by atoms with E-state index in [4.69, 9.17) is 0 Å². The van der Waals surface area contributed by atoms with E-state index in [1.807, 2.05) is 6.92 Å². The monoisotopic (exact) mass is 256 g/mol. The molecular weight excluding hydrogens is 236 g/mol. The molecule has 0 spiro atoms. The lowest BCUT2D eigenvalue weighted by atomic mass is 10.1. The van der Waals surface area contributed by atoms with Gasteiger partial charge in [-0.1, -0.05) is 29.8 Å². The molecule has 4 nitrogen and oxygen atoms in total. The van der Waals surface area contributed by atoms with E-state index in [0.29, 0.717) is 0 Å². The lowest BCUT2D eigenvalue weighted by Crippen LogP contribution is -2.08. The molecule has 1 aromatic heterocycles. The van der Waals surface area contributed by atoms with Crippen molar-refractivity contribution in [3.05, 3.63) is 47.8 Å². The summed E-state index contributed by atoms with van der Waals surface area (Å²) in [7, 11) is 0. The smallest absolute Gasteiger partial charge is 0.146 e. The van der Waals surface area contributed by atoms with Gasteiger partial charge in [-0.15, -0.1) is 0 Å². The van der Waals surface area contributed by atoms with E-state index in [2.05, 4.69) is 51.8 Å². The van der Waals surface area contributed by atoms with Crippen molar-refractivity contribution in [2.24, 2.45) is 0 Å². The fraction of sp³-hybridized carbons (Fsp3) is 0.333. The number of rotatable bonds is 6. The van der Waals surface area contributed by atoms with E-state index in [9.17, 15) is 0 Å². The van der Waals surface area contributed by atoms with E-state index in [1.165, 1.54) is 11.1 Å². The maximum atomic E-state index is 4.43. The molecule has 2 aromatic rings. The molecule has 0 fully saturated rings. The molecule has 0 saturated carbocycles. The van der Waals surface area contributed by atoms with Crippen LogP contribution in [0.5, 0.6) is 0 Å². The van der Waals surface area contributed by atoms with Crippen LogP contribution in [0, 0.1) is 6.92 Å². The molecule has 0 unspecified atom stereocenters. The number of hydrogen-bond donors (Lipinski definition) is 2. The van der Waals surface area contributed by atoms with Crippen molar-refractivity contribution in [3.8, 4) is 0 Å². The van der Waals surface area contributed by atoms with Crippen LogP contribution in [0.3, 0.4) is 0 Å². The van der Waals surface area contributed by atoms with E-state index in [-0.39, 0.29) is 0 Å². The van der Waals surface area contributed by atoms with Gasteiger partial charge in [0.1, 0.15) is 11.6 Å². The minimum absolute atomic E-state index is 0.808. The Morgan fingerprint density at radius 3 is 2.63 bits per heavy atom. The lowest BCUT2D eigenvalue weighted by molar-refractivity contribution is 0.995. The molecule has 2 rings (SSSR count). The van der Waals surface area contributed by atoms with Crippen LogP contribution in [0.15, 0.2) is 36.7 Å². The summed E-state index contributed by atoms with van der Waals surface area (Å²) in [5, 5.41) is 6.45. The van der Waals surface area contributed by atoms with E-state index in [0.717, 1.165) is 31.1 Å². The van der Waals surface area contributed by atoms with Gasteiger partial charge in [-0.05, 0) is 25.8 Å². The third-order valence-corrected chi connectivity index (χ3v) is 2.79. The number of benzene rings is 1. The van der Waals surface area contributed by atoms with Gasteiger partial charge >= 0.3 is 0 Å². The molecule has 4 heteroatoms. The van der Waals surface area contributed by atoms with Gasteiger partial charge in [0.25, 0.3) is 0 Å². The molecule has 0 bridgehead atoms. The van der Waals surface area contributed by atoms with Crippen LogP contribution in [0.25, 0.3) is 0 Å². The fourth-order valence-electron chi connectivity index (χ4n) is 1.92. The standard InChI is InChI=1S/C15H20N4/c1-3-17-14-10-16-11-15(19-14)18-8-7-13-6-4-5-12(2)9-13/h4-6,9-11H,3,7-8H2,1-2H3,(H2,17,18,19). The quantitative estimate of drug-likeness (QED) is 0.834. The second kappa shape index (κ2) is 6.73. The van der Waals surface area contributed by atoms with Crippen molar-refractivity contribution in [1.82, 2.24) is 9.97 Å². The van der Waals surface area contributed by atoms with Crippen LogP contribution < -0.4 is 10.6 Å². The highest BCUT2D eigenvalue weighted by molar-refractivity contribution is 5.41. The van der Waals surface area contributed by atoms with E-state index >= 15 is 0 Å². The van der Waals surface area contributed by atoms with Gasteiger partial charge < -0.3 is 10.6 Å². The summed E-state index contributed by atoms with van der Waals surface area (Å²) in [5.74, 6) is 1.62. The zero-order chi connectivity index (χ0) is 13.5. The molecule has 0 amide bonds. The van der Waals surface area contributed by atoms with Crippen LogP contribution in [0.2, 0.25) is 0 Å². The SMILES string of the molecule is CCNc1cncc(NCCc2cccc(C)c2)n1. The zero-order valence-electron chi connectivity index (χ0n) is 11.5. The average Bonchev–Trinajstić information content (AvgIpc) is 2.40. The predicted octanol–water partition coefficient (Wildman–Crippen LogP) is 2.87. The molecule has 0 atom stereocenters. The first-order valence-corrected chi connectivity index (χ1v) is 6.63. The Balaban J connectivity index is 1.87. The van der Waals surface area contributed by atoms with Crippen LogP contribution >= 0.6 is 0 Å². The topological polar surface area (TPSA) is 49.8 Å². The first-order chi connectivity index (χ1) is 9.28. The van der Waals surface area contributed by atoms with Crippen LogP contribution in [-0.4, -0.2) is 23.1 Å². The highest BCUT2D eigenvalue weighted by atomic mass is 15.1. The van der Waals surface area contributed by atoms with Gasteiger partial charge in [0, 0.05) is 13.1 Å². The summed E-state index contributed by atoms with van der Waals surface area (Å²) in [6, 6.07) is 8.57. The molecule has 0 aliphatic heterocycles. The van der Waals surface area contributed by atoms with Crippen molar-refractivity contribution in [2.45, 2.75) is 20.3 Å². The number of nitrogens with zero attached hydrogens (tertiary/aromatic N) is 2. The lowest BCUT2D eigenvalue weighted by Gasteiger charge is -2.08. The summed E-state index contributed by atoms with van der Waals surface area (Å²) in [6.45, 7) is 5.86. The molecule has 100 valence electrons. The second-order valence-electron chi connectivity index (χ2n) is 4.49. The summed E-state index contributed by atoms with van der Waals surface area (Å²) >= 11 is 0. The number of aryl methyl sites for hydroxylation is 1. The molecule has 0 aliphatic rings. The van der Waals surface area contributed by atoms with Crippen molar-refractivity contribution in [3.63, 3.8) is 0 Å². The minimum atomic E-state index is 0.808. The van der Waals surface area contributed by atoms with Crippen molar-refractivity contribution >= 4 is 11.6 Å². The first-order valence-electron chi connectivity index (χ1n) is 6.63. The number of anilines is 2. The molecular formula is C15H20N4. The van der Waals surface area contributed by atoms with Gasteiger partial charge in [0.15, 0.2) is 0 Å². The van der Waals surface area contributed by atoms with E-state index in [1.54, 1.807) is 12.4 Å². The highest BCUT2D eigenvalue weighted by Crippen LogP contribution is 2.08. The summed E-state index contributed by atoms with van der Waals surface area (Å²) < 4.78 is 0. The van der Waals surface area contributed by atoms with Crippen LogP contribution in [0.4, 0.5) is 11.6 Å².